The van der Waals surface area contributed by atoms with E-state index in [0.29, 0.717) is 16.9 Å². The van der Waals surface area contributed by atoms with E-state index in [2.05, 4.69) is 45.3 Å². The van der Waals surface area contributed by atoms with Crippen molar-refractivity contribution in [2.45, 2.75) is 85.2 Å². The maximum Gasteiger partial charge on any atom is 0.0386 e. The van der Waals surface area contributed by atoms with E-state index in [9.17, 15) is 0 Å². The first-order valence-corrected chi connectivity index (χ1v) is 8.67. The van der Waals surface area contributed by atoms with Gasteiger partial charge in [0.05, 0.1) is 0 Å². The van der Waals surface area contributed by atoms with Crippen LogP contribution in [0, 0.1) is 17.8 Å². The molecule has 118 valence electrons. The molecule has 1 fully saturated rings. The number of nitrogens with two attached hydrogens (primary N) is 1. The number of hydrogen-bond donors (Lipinski definition) is 1. The van der Waals surface area contributed by atoms with E-state index in [-0.39, 0.29) is 6.04 Å². The molecule has 0 aliphatic heterocycles. The molecule has 1 aromatic heterocycles. The lowest BCUT2D eigenvalue weighted by atomic mass is 9.71. The van der Waals surface area contributed by atoms with Crippen LogP contribution in [-0.4, -0.2) is 4.57 Å². The van der Waals surface area contributed by atoms with Crippen molar-refractivity contribution in [2.75, 3.05) is 0 Å². The fourth-order valence-corrected chi connectivity index (χ4v) is 4.86. The molecule has 0 aromatic carbocycles. The van der Waals surface area contributed by atoms with E-state index >= 15 is 0 Å². The normalized spacial score (nSPS) is 31.0. The Morgan fingerprint density at radius 2 is 1.90 bits per heavy atom. The third-order valence-electron chi connectivity index (χ3n) is 5.95. The van der Waals surface area contributed by atoms with Crippen LogP contribution in [0.25, 0.3) is 0 Å². The van der Waals surface area contributed by atoms with Crippen LogP contribution in [-0.2, 0) is 6.42 Å². The topological polar surface area (TPSA) is 30.9 Å². The van der Waals surface area contributed by atoms with Gasteiger partial charge in [-0.2, -0.15) is 0 Å². The average Bonchev–Trinajstić information content (AvgIpc) is 2.65. The van der Waals surface area contributed by atoms with Gasteiger partial charge in [-0.15, -0.1) is 0 Å². The summed E-state index contributed by atoms with van der Waals surface area (Å²) in [5.41, 5.74) is 11.6. The van der Waals surface area contributed by atoms with Crippen LogP contribution in [0.5, 0.6) is 0 Å². The average molecular weight is 288 g/mol. The molecular weight excluding hydrogens is 256 g/mol. The smallest absolute Gasteiger partial charge is 0.0386 e. The number of aromatic nitrogens is 1. The van der Waals surface area contributed by atoms with Gasteiger partial charge >= 0.3 is 0 Å². The Morgan fingerprint density at radius 3 is 2.57 bits per heavy atom. The number of nitrogens with zero attached hydrogens (tertiary/aromatic N) is 1. The van der Waals surface area contributed by atoms with Crippen molar-refractivity contribution < 1.29 is 0 Å². The maximum atomic E-state index is 6.49. The maximum absolute atomic E-state index is 6.49. The summed E-state index contributed by atoms with van der Waals surface area (Å²) in [5, 5.41) is 0. The first kappa shape index (κ1) is 15.1. The third-order valence-corrected chi connectivity index (χ3v) is 5.95. The summed E-state index contributed by atoms with van der Waals surface area (Å²) in [6.45, 7) is 11.9. The van der Waals surface area contributed by atoms with Crippen LogP contribution < -0.4 is 5.73 Å². The minimum absolute atomic E-state index is 0.218. The molecule has 0 radical (unpaired) electrons. The lowest BCUT2D eigenvalue weighted by Gasteiger charge is -2.43. The van der Waals surface area contributed by atoms with Gasteiger partial charge in [0, 0.05) is 23.5 Å². The fraction of sp³-hybridized carbons (Fsp3) is 0.789. The fourth-order valence-electron chi connectivity index (χ4n) is 4.86. The lowest BCUT2D eigenvalue weighted by molar-refractivity contribution is 0.136. The Morgan fingerprint density at radius 1 is 1.19 bits per heavy atom. The first-order valence-electron chi connectivity index (χ1n) is 8.67. The SMILES string of the molecule is Cc1cc2c(n1C1CCCCC1(C)C)CC(C)(C)CC2N. The molecule has 2 atom stereocenters. The lowest BCUT2D eigenvalue weighted by Crippen LogP contribution is -2.35. The zero-order valence-corrected chi connectivity index (χ0v) is 14.5. The minimum atomic E-state index is 0.218. The highest BCUT2D eigenvalue weighted by Gasteiger charge is 2.39. The monoisotopic (exact) mass is 288 g/mol. The van der Waals surface area contributed by atoms with E-state index in [0.717, 1.165) is 6.42 Å². The van der Waals surface area contributed by atoms with E-state index in [1.165, 1.54) is 49.1 Å². The standard InChI is InChI=1S/C19H32N2/c1-13-10-14-15(20)11-18(2,3)12-16(14)21(13)17-8-6-7-9-19(17,4)5/h10,15,17H,6-9,11-12,20H2,1-5H3. The number of fused-ring (bicyclic) bond motifs is 1. The Balaban J connectivity index is 2.08. The molecule has 2 N–H and O–H groups in total. The number of rotatable bonds is 1. The van der Waals surface area contributed by atoms with Crippen LogP contribution in [0.15, 0.2) is 6.07 Å². The Bertz CT molecular complexity index is 536. The van der Waals surface area contributed by atoms with Crippen LogP contribution in [0.3, 0.4) is 0 Å². The summed E-state index contributed by atoms with van der Waals surface area (Å²) in [5.74, 6) is 0. The predicted octanol–water partition coefficient (Wildman–Crippen LogP) is 4.91. The molecule has 0 saturated heterocycles. The van der Waals surface area contributed by atoms with Gasteiger partial charge in [-0.05, 0) is 55.1 Å². The molecule has 2 aliphatic carbocycles. The summed E-state index contributed by atoms with van der Waals surface area (Å²) < 4.78 is 2.68. The number of hydrogen-bond acceptors (Lipinski definition) is 1. The Labute approximate surface area is 130 Å². The largest absolute Gasteiger partial charge is 0.345 e. The highest BCUT2D eigenvalue weighted by Crippen LogP contribution is 2.48. The summed E-state index contributed by atoms with van der Waals surface area (Å²) >= 11 is 0. The summed E-state index contributed by atoms with van der Waals surface area (Å²) in [4.78, 5) is 0. The van der Waals surface area contributed by atoms with Crippen molar-refractivity contribution in [1.29, 1.82) is 0 Å². The van der Waals surface area contributed by atoms with E-state index in [1.807, 2.05) is 0 Å². The van der Waals surface area contributed by atoms with E-state index in [1.54, 1.807) is 0 Å². The third kappa shape index (κ3) is 2.56. The molecule has 1 heterocycles. The molecule has 0 bridgehead atoms. The van der Waals surface area contributed by atoms with Crippen LogP contribution in [0.2, 0.25) is 0 Å². The molecule has 3 rings (SSSR count). The first-order chi connectivity index (χ1) is 9.71. The Kier molecular flexibility index (Phi) is 3.52. The van der Waals surface area contributed by atoms with Crippen LogP contribution >= 0.6 is 0 Å². The van der Waals surface area contributed by atoms with Crippen molar-refractivity contribution >= 4 is 0 Å². The second-order valence-corrected chi connectivity index (χ2v) is 8.96. The molecule has 0 amide bonds. The van der Waals surface area contributed by atoms with Gasteiger partial charge in [0.1, 0.15) is 0 Å². The van der Waals surface area contributed by atoms with Crippen molar-refractivity contribution in [3.05, 3.63) is 23.0 Å². The van der Waals surface area contributed by atoms with Crippen LogP contribution in [0.4, 0.5) is 0 Å². The summed E-state index contributed by atoms with van der Waals surface area (Å²) in [7, 11) is 0. The quantitative estimate of drug-likeness (QED) is 0.782. The van der Waals surface area contributed by atoms with E-state index < -0.39 is 0 Å². The van der Waals surface area contributed by atoms with Crippen molar-refractivity contribution in [1.82, 2.24) is 4.57 Å². The molecular formula is C19H32N2. The van der Waals surface area contributed by atoms with Gasteiger partial charge in [-0.3, -0.25) is 0 Å². The van der Waals surface area contributed by atoms with Crippen molar-refractivity contribution in [3.63, 3.8) is 0 Å². The zero-order valence-electron chi connectivity index (χ0n) is 14.5. The number of aryl methyl sites for hydroxylation is 1. The molecule has 2 nitrogen and oxygen atoms in total. The zero-order chi connectivity index (χ0) is 15.4. The molecule has 2 unspecified atom stereocenters. The van der Waals surface area contributed by atoms with Crippen LogP contribution in [0.1, 0.15) is 88.8 Å². The van der Waals surface area contributed by atoms with Gasteiger partial charge in [-0.25, -0.2) is 0 Å². The van der Waals surface area contributed by atoms with Crippen molar-refractivity contribution in [3.8, 4) is 0 Å². The summed E-state index contributed by atoms with van der Waals surface area (Å²) in [6, 6.07) is 3.24. The highest BCUT2D eigenvalue weighted by atomic mass is 15.1. The van der Waals surface area contributed by atoms with E-state index in [4.69, 9.17) is 5.73 Å². The second-order valence-electron chi connectivity index (χ2n) is 8.96. The molecule has 1 aromatic rings. The summed E-state index contributed by atoms with van der Waals surface area (Å²) in [6.07, 6.45) is 7.71. The van der Waals surface area contributed by atoms with Crippen molar-refractivity contribution in [2.24, 2.45) is 16.6 Å². The predicted molar refractivity (Wildman–Crippen MR) is 89.5 cm³/mol. The van der Waals surface area contributed by atoms with Gasteiger partial charge < -0.3 is 10.3 Å². The minimum Gasteiger partial charge on any atom is -0.345 e. The second kappa shape index (κ2) is 4.87. The van der Waals surface area contributed by atoms with Gasteiger partial charge in [0.2, 0.25) is 0 Å². The van der Waals surface area contributed by atoms with Gasteiger partial charge in [0.25, 0.3) is 0 Å². The van der Waals surface area contributed by atoms with Gasteiger partial charge in [0.15, 0.2) is 0 Å². The van der Waals surface area contributed by atoms with Gasteiger partial charge in [-0.1, -0.05) is 40.5 Å². The highest BCUT2D eigenvalue weighted by molar-refractivity contribution is 5.35. The molecule has 2 heteroatoms. The molecule has 0 spiro atoms. The molecule has 1 saturated carbocycles. The Hall–Kier alpha value is -0.760. The molecule has 2 aliphatic rings. The molecule has 21 heavy (non-hydrogen) atoms.